The predicted molar refractivity (Wildman–Crippen MR) is 132 cm³/mol. The minimum Gasteiger partial charge on any atom is -0.497 e. The normalized spacial score (nSPS) is 15.0. The number of benzene rings is 2. The molecule has 0 aromatic heterocycles. The number of carbonyl (C=O) groups is 2. The van der Waals surface area contributed by atoms with Gasteiger partial charge in [0.1, 0.15) is 11.6 Å². The smallest absolute Gasteiger partial charge is 0.251 e. The summed E-state index contributed by atoms with van der Waals surface area (Å²) in [4.78, 5) is 29.4. The van der Waals surface area contributed by atoms with E-state index in [4.69, 9.17) is 4.74 Å². The van der Waals surface area contributed by atoms with Crippen LogP contribution in [0.3, 0.4) is 0 Å². The summed E-state index contributed by atoms with van der Waals surface area (Å²) in [5.74, 6) is 0.0570. The van der Waals surface area contributed by atoms with Gasteiger partial charge in [0.15, 0.2) is 0 Å². The average Bonchev–Trinajstić information content (AvgIpc) is 2.86. The Morgan fingerprint density at radius 1 is 1.09 bits per heavy atom. The van der Waals surface area contributed by atoms with Gasteiger partial charge in [-0.2, -0.15) is 0 Å². The number of piperazine rings is 1. The van der Waals surface area contributed by atoms with E-state index >= 15 is 0 Å². The van der Waals surface area contributed by atoms with Crippen molar-refractivity contribution in [3.05, 3.63) is 59.4 Å². The molecular formula is C26H35FN4O3. The molecule has 2 aromatic carbocycles. The van der Waals surface area contributed by atoms with E-state index in [9.17, 15) is 14.0 Å². The van der Waals surface area contributed by atoms with Gasteiger partial charge in [0.2, 0.25) is 5.91 Å². The maximum Gasteiger partial charge on any atom is 0.251 e. The molecule has 1 aliphatic rings. The van der Waals surface area contributed by atoms with E-state index in [1.165, 1.54) is 12.1 Å². The Labute approximate surface area is 201 Å². The number of hydrogen-bond acceptors (Lipinski definition) is 5. The number of amides is 2. The number of carbonyl (C=O) groups excluding carboxylic acids is 2. The van der Waals surface area contributed by atoms with E-state index in [-0.39, 0.29) is 30.1 Å². The number of likely N-dealkylation sites (N-methyl/N-ethyl adjacent to an activating group) is 1. The predicted octanol–water partition coefficient (Wildman–Crippen LogP) is 3.36. The molecule has 3 rings (SSSR count). The first-order valence-electron chi connectivity index (χ1n) is 11.9. The van der Waals surface area contributed by atoms with Crippen LogP contribution in [-0.4, -0.2) is 63.1 Å². The summed E-state index contributed by atoms with van der Waals surface area (Å²) in [7, 11) is 1.57. The van der Waals surface area contributed by atoms with Gasteiger partial charge >= 0.3 is 0 Å². The van der Waals surface area contributed by atoms with Crippen LogP contribution in [0.15, 0.2) is 42.5 Å². The maximum absolute atomic E-state index is 14.0. The zero-order valence-corrected chi connectivity index (χ0v) is 20.3. The highest BCUT2D eigenvalue weighted by atomic mass is 19.1. The number of anilines is 1. The lowest BCUT2D eigenvalue weighted by Gasteiger charge is -2.37. The van der Waals surface area contributed by atoms with Crippen molar-refractivity contribution in [2.24, 2.45) is 0 Å². The van der Waals surface area contributed by atoms with Crippen molar-refractivity contribution in [3.63, 3.8) is 0 Å². The molecule has 2 N–H and O–H groups in total. The van der Waals surface area contributed by atoms with Gasteiger partial charge in [-0.15, -0.1) is 0 Å². The van der Waals surface area contributed by atoms with Crippen LogP contribution in [0.1, 0.15) is 48.7 Å². The lowest BCUT2D eigenvalue weighted by molar-refractivity contribution is -0.121. The zero-order valence-electron chi connectivity index (χ0n) is 20.3. The largest absolute Gasteiger partial charge is 0.497 e. The van der Waals surface area contributed by atoms with Crippen molar-refractivity contribution in [3.8, 4) is 5.75 Å². The monoisotopic (exact) mass is 470 g/mol. The van der Waals surface area contributed by atoms with E-state index in [1.807, 2.05) is 13.0 Å². The summed E-state index contributed by atoms with van der Waals surface area (Å²) in [5, 5.41) is 5.81. The molecule has 1 saturated heterocycles. The third-order valence-corrected chi connectivity index (χ3v) is 6.21. The standard InChI is InChI=1S/C26H35FN4O3/c1-4-30-14-16-31(17-15-30)24-12-9-21(27)18-23(24)19(2)29-25(32)6-5-13-28-26(33)20-7-10-22(34-3)11-8-20/h7-12,18-19H,4-6,13-17H2,1-3H3,(H,28,33)(H,29,32). The molecule has 2 amide bonds. The van der Waals surface area contributed by atoms with Crippen LogP contribution in [0.2, 0.25) is 0 Å². The molecule has 0 spiro atoms. The number of ether oxygens (including phenoxy) is 1. The van der Waals surface area contributed by atoms with Gasteiger partial charge in [0, 0.05) is 56.0 Å². The second-order valence-corrected chi connectivity index (χ2v) is 8.50. The number of nitrogens with zero attached hydrogens (tertiary/aromatic N) is 2. The van der Waals surface area contributed by atoms with E-state index in [1.54, 1.807) is 31.4 Å². The van der Waals surface area contributed by atoms with Crippen molar-refractivity contribution < 1.29 is 18.7 Å². The Balaban J connectivity index is 1.48. The SMILES string of the molecule is CCN1CCN(c2ccc(F)cc2C(C)NC(=O)CCCNC(=O)c2ccc(OC)cc2)CC1. The average molecular weight is 471 g/mol. The number of hydrogen-bond donors (Lipinski definition) is 2. The van der Waals surface area contributed by atoms with Crippen LogP contribution in [0, 0.1) is 5.82 Å². The van der Waals surface area contributed by atoms with E-state index in [0.29, 0.717) is 24.3 Å². The van der Waals surface area contributed by atoms with Crippen molar-refractivity contribution in [1.82, 2.24) is 15.5 Å². The van der Waals surface area contributed by atoms with Crippen LogP contribution in [0.4, 0.5) is 10.1 Å². The van der Waals surface area contributed by atoms with Crippen molar-refractivity contribution in [2.75, 3.05) is 51.3 Å². The molecular weight excluding hydrogens is 435 g/mol. The third-order valence-electron chi connectivity index (χ3n) is 6.21. The zero-order chi connectivity index (χ0) is 24.5. The summed E-state index contributed by atoms with van der Waals surface area (Å²) in [6.07, 6.45) is 0.780. The molecule has 8 heteroatoms. The van der Waals surface area contributed by atoms with Crippen LogP contribution in [0.25, 0.3) is 0 Å². The summed E-state index contributed by atoms with van der Waals surface area (Å²) >= 11 is 0. The first kappa shape index (κ1) is 25.5. The number of halogens is 1. The van der Waals surface area contributed by atoms with E-state index in [2.05, 4.69) is 27.4 Å². The molecule has 1 fully saturated rings. The summed E-state index contributed by atoms with van der Waals surface area (Å²) in [6, 6.07) is 11.3. The maximum atomic E-state index is 14.0. The number of methoxy groups -OCH3 is 1. The topological polar surface area (TPSA) is 73.9 Å². The molecule has 34 heavy (non-hydrogen) atoms. The summed E-state index contributed by atoms with van der Waals surface area (Å²) in [5.41, 5.74) is 2.29. The van der Waals surface area contributed by atoms with Crippen molar-refractivity contribution in [1.29, 1.82) is 0 Å². The van der Waals surface area contributed by atoms with Gasteiger partial charge in [-0.3, -0.25) is 9.59 Å². The molecule has 1 unspecified atom stereocenters. The fourth-order valence-electron chi connectivity index (χ4n) is 4.15. The molecule has 0 aliphatic carbocycles. The van der Waals surface area contributed by atoms with Crippen LogP contribution in [0.5, 0.6) is 5.75 Å². The minimum absolute atomic E-state index is 0.128. The van der Waals surface area contributed by atoms with Crippen LogP contribution < -0.4 is 20.3 Å². The van der Waals surface area contributed by atoms with Gasteiger partial charge in [0.25, 0.3) is 5.91 Å². The van der Waals surface area contributed by atoms with Crippen molar-refractivity contribution in [2.45, 2.75) is 32.7 Å². The van der Waals surface area contributed by atoms with Gasteiger partial charge in [0.05, 0.1) is 13.2 Å². The highest BCUT2D eigenvalue weighted by Crippen LogP contribution is 2.28. The number of nitrogens with one attached hydrogen (secondary N) is 2. The van der Waals surface area contributed by atoms with Crippen LogP contribution in [-0.2, 0) is 4.79 Å². The summed E-state index contributed by atoms with van der Waals surface area (Å²) in [6.45, 7) is 9.14. The molecule has 2 aromatic rings. The second-order valence-electron chi connectivity index (χ2n) is 8.50. The molecule has 7 nitrogen and oxygen atoms in total. The minimum atomic E-state index is -0.323. The molecule has 1 aliphatic heterocycles. The fraction of sp³-hybridized carbons (Fsp3) is 0.462. The quantitative estimate of drug-likeness (QED) is 0.521. The molecule has 0 radical (unpaired) electrons. The Morgan fingerprint density at radius 2 is 1.79 bits per heavy atom. The van der Waals surface area contributed by atoms with Crippen LogP contribution >= 0.6 is 0 Å². The number of rotatable bonds is 10. The first-order valence-corrected chi connectivity index (χ1v) is 11.9. The van der Waals surface area contributed by atoms with Gasteiger partial charge < -0.3 is 25.2 Å². The molecule has 1 heterocycles. The fourth-order valence-corrected chi connectivity index (χ4v) is 4.15. The third kappa shape index (κ3) is 6.93. The molecule has 184 valence electrons. The molecule has 1 atom stereocenters. The van der Waals surface area contributed by atoms with Gasteiger partial charge in [-0.25, -0.2) is 4.39 Å². The lowest BCUT2D eigenvalue weighted by atomic mass is 10.0. The Bertz CT molecular complexity index is 959. The van der Waals surface area contributed by atoms with Gasteiger partial charge in [-0.05, 0) is 62.4 Å². The van der Waals surface area contributed by atoms with E-state index < -0.39 is 0 Å². The van der Waals surface area contributed by atoms with E-state index in [0.717, 1.165) is 44.0 Å². The lowest BCUT2D eigenvalue weighted by Crippen LogP contribution is -2.46. The Hall–Kier alpha value is -3.13. The van der Waals surface area contributed by atoms with Crippen molar-refractivity contribution >= 4 is 17.5 Å². The summed E-state index contributed by atoms with van der Waals surface area (Å²) < 4.78 is 19.1. The highest BCUT2D eigenvalue weighted by molar-refractivity contribution is 5.94. The van der Waals surface area contributed by atoms with Gasteiger partial charge in [-0.1, -0.05) is 6.92 Å². The Kier molecular flexibility index (Phi) is 9.27. The highest BCUT2D eigenvalue weighted by Gasteiger charge is 2.21. The Morgan fingerprint density at radius 3 is 2.44 bits per heavy atom. The first-order chi connectivity index (χ1) is 16.4. The molecule has 0 bridgehead atoms. The second kappa shape index (κ2) is 12.4. The molecule has 0 saturated carbocycles.